The Morgan fingerprint density at radius 3 is 2.33 bits per heavy atom. The van der Waals surface area contributed by atoms with E-state index in [0.717, 1.165) is 36.1 Å². The number of benzene rings is 2. The first kappa shape index (κ1) is 25.0. The van der Waals surface area contributed by atoms with Crippen LogP contribution in [0, 0.1) is 18.3 Å². The lowest BCUT2D eigenvalue weighted by Gasteiger charge is -2.43. The Labute approximate surface area is 199 Å². The molecule has 1 saturated heterocycles. The molecule has 3 rings (SSSR count). The standard InChI is InChI=1S/C29H40N2O2/c1-20-12-8-9-15-23(20)27(33)31-17-11-16-24(25(31)19-28(2,3)4)26(32)30-22-14-10-13-21(18-22)29(5,6)7/h8-10,12-15,18,24-25H,11,16-17,19H2,1-7H3,(H,30,32)/t24-,25-/m1/s1. The van der Waals surface area contributed by atoms with Crippen molar-refractivity contribution in [2.45, 2.75) is 79.2 Å². The van der Waals surface area contributed by atoms with Crippen LogP contribution in [0.1, 0.15) is 82.3 Å². The molecular weight excluding hydrogens is 408 g/mol. The van der Waals surface area contributed by atoms with Crippen LogP contribution in [0.2, 0.25) is 0 Å². The minimum atomic E-state index is -0.232. The largest absolute Gasteiger partial charge is 0.335 e. The maximum Gasteiger partial charge on any atom is 0.254 e. The first-order valence-electron chi connectivity index (χ1n) is 12.1. The predicted octanol–water partition coefficient (Wildman–Crippen LogP) is 6.59. The summed E-state index contributed by atoms with van der Waals surface area (Å²) in [5.41, 5.74) is 3.72. The summed E-state index contributed by atoms with van der Waals surface area (Å²) in [6, 6.07) is 15.7. The highest BCUT2D eigenvalue weighted by molar-refractivity contribution is 5.97. The van der Waals surface area contributed by atoms with Crippen LogP contribution in [0.5, 0.6) is 0 Å². The molecule has 0 bridgehead atoms. The minimum Gasteiger partial charge on any atom is -0.335 e. The summed E-state index contributed by atoms with van der Waals surface area (Å²) in [7, 11) is 0. The van der Waals surface area contributed by atoms with Crippen LogP contribution < -0.4 is 5.32 Å². The second-order valence-electron chi connectivity index (χ2n) is 11.7. The van der Waals surface area contributed by atoms with Gasteiger partial charge < -0.3 is 10.2 Å². The lowest BCUT2D eigenvalue weighted by Crippen LogP contribution is -2.53. The molecule has 178 valence electrons. The molecule has 4 nitrogen and oxygen atoms in total. The van der Waals surface area contributed by atoms with Crippen molar-refractivity contribution in [2.75, 3.05) is 11.9 Å². The van der Waals surface area contributed by atoms with Crippen LogP contribution in [-0.2, 0) is 10.2 Å². The molecule has 1 aliphatic rings. The van der Waals surface area contributed by atoms with Gasteiger partial charge >= 0.3 is 0 Å². The van der Waals surface area contributed by atoms with Crippen molar-refractivity contribution >= 4 is 17.5 Å². The number of carbonyl (C=O) groups is 2. The SMILES string of the molecule is Cc1ccccc1C(=O)N1CCC[C@@H](C(=O)Nc2cccc(C(C)(C)C)c2)[C@H]1CC(C)(C)C. The van der Waals surface area contributed by atoms with E-state index in [2.05, 4.69) is 59.0 Å². The second kappa shape index (κ2) is 9.70. The Morgan fingerprint density at radius 2 is 1.70 bits per heavy atom. The average Bonchev–Trinajstić information content (AvgIpc) is 2.72. The smallest absolute Gasteiger partial charge is 0.254 e. The van der Waals surface area contributed by atoms with E-state index in [1.165, 1.54) is 5.56 Å². The quantitative estimate of drug-likeness (QED) is 0.574. The molecule has 1 fully saturated rings. The van der Waals surface area contributed by atoms with E-state index in [9.17, 15) is 9.59 Å². The fourth-order valence-electron chi connectivity index (χ4n) is 4.76. The van der Waals surface area contributed by atoms with E-state index in [1.807, 2.05) is 48.2 Å². The molecule has 1 N–H and O–H groups in total. The highest BCUT2D eigenvalue weighted by Gasteiger charge is 2.40. The molecule has 0 saturated carbocycles. The van der Waals surface area contributed by atoms with Crippen molar-refractivity contribution in [3.8, 4) is 0 Å². The summed E-state index contributed by atoms with van der Waals surface area (Å²) >= 11 is 0. The van der Waals surface area contributed by atoms with Crippen molar-refractivity contribution < 1.29 is 9.59 Å². The summed E-state index contributed by atoms with van der Waals surface area (Å²) in [6.07, 6.45) is 2.41. The number of anilines is 1. The van der Waals surface area contributed by atoms with E-state index in [-0.39, 0.29) is 34.6 Å². The first-order chi connectivity index (χ1) is 15.4. The third-order valence-corrected chi connectivity index (χ3v) is 6.57. The summed E-state index contributed by atoms with van der Waals surface area (Å²) in [4.78, 5) is 29.1. The van der Waals surface area contributed by atoms with E-state index >= 15 is 0 Å². The van der Waals surface area contributed by atoms with Crippen molar-refractivity contribution in [1.29, 1.82) is 0 Å². The minimum absolute atomic E-state index is 0.00303. The van der Waals surface area contributed by atoms with Gasteiger partial charge in [0.05, 0.1) is 5.92 Å². The second-order valence-corrected chi connectivity index (χ2v) is 11.7. The van der Waals surface area contributed by atoms with Crippen LogP contribution >= 0.6 is 0 Å². The summed E-state index contributed by atoms with van der Waals surface area (Å²) in [5.74, 6) is -0.184. The normalized spacial score (nSPS) is 19.3. The van der Waals surface area contributed by atoms with Crippen LogP contribution in [0.4, 0.5) is 5.69 Å². The van der Waals surface area contributed by atoms with Gasteiger partial charge in [-0.1, -0.05) is 71.9 Å². The maximum absolute atomic E-state index is 13.6. The Morgan fingerprint density at radius 1 is 1.00 bits per heavy atom. The van der Waals surface area contributed by atoms with Gasteiger partial charge in [-0.2, -0.15) is 0 Å². The molecule has 0 aliphatic carbocycles. The number of nitrogens with one attached hydrogen (secondary N) is 1. The monoisotopic (exact) mass is 448 g/mol. The Kier molecular flexibility index (Phi) is 7.36. The Hall–Kier alpha value is -2.62. The summed E-state index contributed by atoms with van der Waals surface area (Å²) < 4.78 is 0. The van der Waals surface area contributed by atoms with Gasteiger partial charge in [0.15, 0.2) is 0 Å². The van der Waals surface area contributed by atoms with E-state index in [1.54, 1.807) is 0 Å². The predicted molar refractivity (Wildman–Crippen MR) is 137 cm³/mol. The van der Waals surface area contributed by atoms with Crippen LogP contribution in [-0.4, -0.2) is 29.3 Å². The molecule has 0 radical (unpaired) electrons. The Balaban J connectivity index is 1.88. The number of amides is 2. The van der Waals surface area contributed by atoms with Gasteiger partial charge in [-0.3, -0.25) is 9.59 Å². The number of hydrogen-bond donors (Lipinski definition) is 1. The third kappa shape index (κ3) is 6.25. The van der Waals surface area contributed by atoms with E-state index in [4.69, 9.17) is 0 Å². The zero-order chi connectivity index (χ0) is 24.4. The lowest BCUT2D eigenvalue weighted by atomic mass is 9.78. The number of piperidine rings is 1. The van der Waals surface area contributed by atoms with Gasteiger partial charge in [-0.25, -0.2) is 0 Å². The summed E-state index contributed by atoms with van der Waals surface area (Å²) in [5, 5.41) is 3.17. The molecule has 2 atom stereocenters. The molecule has 2 amide bonds. The zero-order valence-corrected chi connectivity index (χ0v) is 21.4. The van der Waals surface area contributed by atoms with Crippen molar-refractivity contribution in [1.82, 2.24) is 4.90 Å². The fourth-order valence-corrected chi connectivity index (χ4v) is 4.76. The summed E-state index contributed by atoms with van der Waals surface area (Å²) in [6.45, 7) is 15.7. The number of aryl methyl sites for hydroxylation is 1. The van der Waals surface area contributed by atoms with Crippen LogP contribution in [0.25, 0.3) is 0 Å². The maximum atomic E-state index is 13.6. The number of rotatable bonds is 4. The number of nitrogens with zero attached hydrogens (tertiary/aromatic N) is 1. The number of likely N-dealkylation sites (tertiary alicyclic amines) is 1. The molecule has 0 aromatic heterocycles. The van der Waals surface area contributed by atoms with Gasteiger partial charge in [-0.15, -0.1) is 0 Å². The number of hydrogen-bond acceptors (Lipinski definition) is 2. The van der Waals surface area contributed by atoms with Crippen molar-refractivity contribution in [3.63, 3.8) is 0 Å². The molecule has 2 aromatic carbocycles. The van der Waals surface area contributed by atoms with E-state index < -0.39 is 0 Å². The van der Waals surface area contributed by atoms with Gasteiger partial charge in [0.25, 0.3) is 5.91 Å². The topological polar surface area (TPSA) is 49.4 Å². The third-order valence-electron chi connectivity index (χ3n) is 6.57. The van der Waals surface area contributed by atoms with Gasteiger partial charge in [0, 0.05) is 23.8 Å². The van der Waals surface area contributed by atoms with Gasteiger partial charge in [0.2, 0.25) is 5.91 Å². The Bertz CT molecular complexity index is 997. The molecule has 33 heavy (non-hydrogen) atoms. The molecule has 0 spiro atoms. The highest BCUT2D eigenvalue weighted by Crippen LogP contribution is 2.35. The molecular formula is C29H40N2O2. The lowest BCUT2D eigenvalue weighted by molar-refractivity contribution is -0.123. The fraction of sp³-hybridized carbons (Fsp3) is 0.517. The van der Waals surface area contributed by atoms with Crippen molar-refractivity contribution in [3.05, 3.63) is 65.2 Å². The number of carbonyl (C=O) groups excluding carboxylic acids is 2. The highest BCUT2D eigenvalue weighted by atomic mass is 16.2. The van der Waals surface area contributed by atoms with Crippen molar-refractivity contribution in [2.24, 2.45) is 11.3 Å². The molecule has 1 heterocycles. The van der Waals surface area contributed by atoms with Crippen LogP contribution in [0.15, 0.2) is 48.5 Å². The molecule has 0 unspecified atom stereocenters. The zero-order valence-electron chi connectivity index (χ0n) is 21.4. The average molecular weight is 449 g/mol. The molecule has 2 aromatic rings. The van der Waals surface area contributed by atoms with Gasteiger partial charge in [0.1, 0.15) is 0 Å². The molecule has 1 aliphatic heterocycles. The first-order valence-corrected chi connectivity index (χ1v) is 12.1. The molecule has 4 heteroatoms. The van der Waals surface area contributed by atoms with Gasteiger partial charge in [-0.05, 0) is 66.3 Å². The van der Waals surface area contributed by atoms with E-state index in [0.29, 0.717) is 6.54 Å². The van der Waals surface area contributed by atoms with Crippen LogP contribution in [0.3, 0.4) is 0 Å².